The first kappa shape index (κ1) is 19.2. The first-order valence-corrected chi connectivity index (χ1v) is 8.28. The number of nitrogens with two attached hydrogens (primary N) is 1. The van der Waals surface area contributed by atoms with E-state index in [1.165, 1.54) is 5.32 Å². The number of halogens is 5. The molecular formula is C9H7F5N2O5S2. The number of sulfone groups is 1. The third-order valence-electron chi connectivity index (χ3n) is 2.33. The van der Waals surface area contributed by atoms with E-state index in [0.717, 1.165) is 0 Å². The summed E-state index contributed by atoms with van der Waals surface area (Å²) in [5, 5.41) is 5.93. The lowest BCUT2D eigenvalue weighted by atomic mass is 10.3. The molecule has 0 bridgehead atoms. The van der Waals surface area contributed by atoms with E-state index >= 15 is 0 Å². The number of hydrogen-bond donors (Lipinski definition) is 2. The summed E-state index contributed by atoms with van der Waals surface area (Å²) in [6.07, 6.45) is -3.64. The number of alkyl halides is 5. The van der Waals surface area contributed by atoms with Crippen molar-refractivity contribution in [3.05, 3.63) is 18.2 Å². The van der Waals surface area contributed by atoms with Crippen LogP contribution in [0.25, 0.3) is 0 Å². The molecule has 0 aliphatic carbocycles. The van der Waals surface area contributed by atoms with E-state index in [1.54, 1.807) is 0 Å². The van der Waals surface area contributed by atoms with E-state index in [9.17, 15) is 43.6 Å². The highest BCUT2D eigenvalue weighted by atomic mass is 32.2. The van der Waals surface area contributed by atoms with Gasteiger partial charge in [0.25, 0.3) is 15.7 Å². The summed E-state index contributed by atoms with van der Waals surface area (Å²) in [7, 11) is -10.7. The lowest BCUT2D eigenvalue weighted by Crippen LogP contribution is -2.27. The molecule has 130 valence electrons. The van der Waals surface area contributed by atoms with E-state index < -0.39 is 53.2 Å². The van der Waals surface area contributed by atoms with Gasteiger partial charge in [-0.1, -0.05) is 0 Å². The maximum Gasteiger partial charge on any atom is 0.501 e. The summed E-state index contributed by atoms with van der Waals surface area (Å²) in [5.41, 5.74) is -7.03. The lowest BCUT2D eigenvalue weighted by molar-refractivity contribution is -0.126. The van der Waals surface area contributed by atoms with Crippen molar-refractivity contribution in [2.75, 3.05) is 5.32 Å². The molecule has 0 heterocycles. The fourth-order valence-electron chi connectivity index (χ4n) is 1.32. The number of benzene rings is 1. The van der Waals surface area contributed by atoms with Gasteiger partial charge in [0.1, 0.15) is 4.90 Å². The van der Waals surface area contributed by atoms with E-state index in [2.05, 4.69) is 5.14 Å². The van der Waals surface area contributed by atoms with Crippen molar-refractivity contribution in [1.82, 2.24) is 0 Å². The lowest BCUT2D eigenvalue weighted by Gasteiger charge is -2.14. The van der Waals surface area contributed by atoms with Crippen molar-refractivity contribution in [1.29, 1.82) is 0 Å². The summed E-state index contributed by atoms with van der Waals surface area (Å²) < 4.78 is 107. The normalized spacial score (nSPS) is 13.2. The second-order valence-electron chi connectivity index (χ2n) is 3.94. The predicted molar refractivity (Wildman–Crippen MR) is 65.7 cm³/mol. The predicted octanol–water partition coefficient (Wildman–Crippen LogP) is 0.831. The molecule has 1 aromatic carbocycles. The number of primary sulfonamides is 1. The van der Waals surface area contributed by atoms with Gasteiger partial charge in [0, 0.05) is 0 Å². The zero-order chi connectivity index (χ0) is 18.2. The molecule has 23 heavy (non-hydrogen) atoms. The minimum Gasteiger partial charge on any atom is -0.320 e. The highest BCUT2D eigenvalue weighted by Crippen LogP contribution is 2.35. The van der Waals surface area contributed by atoms with Crippen LogP contribution in [-0.2, 0) is 24.7 Å². The molecule has 0 unspecified atom stereocenters. The van der Waals surface area contributed by atoms with Gasteiger partial charge in [-0.25, -0.2) is 22.0 Å². The molecule has 0 radical (unpaired) electrons. The number of carbonyl (C=O) groups is 1. The Morgan fingerprint density at radius 3 is 2.04 bits per heavy atom. The Kier molecular flexibility index (Phi) is 5.03. The minimum atomic E-state index is -6.14. The molecule has 0 aliphatic rings. The summed E-state index contributed by atoms with van der Waals surface area (Å²) in [6.45, 7) is 0. The monoisotopic (exact) mass is 382 g/mol. The molecule has 1 amide bonds. The second-order valence-corrected chi connectivity index (χ2v) is 7.41. The average Bonchev–Trinajstić information content (AvgIpc) is 2.36. The Balaban J connectivity index is 3.64. The standard InChI is InChI=1S/C9H7F5N2O5S2/c10-7(11)8(17)16-5-2-1-4(23(15,20)21)3-6(5)22(18,19)9(12,13)14/h1-3,7H,(H,16,17)(H2,15,20,21). The van der Waals surface area contributed by atoms with E-state index in [-0.39, 0.29) is 6.07 Å². The Labute approximate surface area is 126 Å². The molecule has 0 fully saturated rings. The molecule has 0 atom stereocenters. The fourth-order valence-corrected chi connectivity index (χ4v) is 2.87. The topological polar surface area (TPSA) is 123 Å². The SMILES string of the molecule is NS(=O)(=O)c1ccc(NC(=O)C(F)F)c(S(=O)(=O)C(F)(F)F)c1. The highest BCUT2D eigenvalue weighted by Gasteiger charge is 2.48. The van der Waals surface area contributed by atoms with Crippen molar-refractivity contribution in [2.24, 2.45) is 5.14 Å². The maximum absolute atomic E-state index is 12.6. The van der Waals surface area contributed by atoms with Gasteiger partial charge >= 0.3 is 11.9 Å². The molecule has 1 aromatic rings. The van der Waals surface area contributed by atoms with E-state index in [1.807, 2.05) is 0 Å². The summed E-state index contributed by atoms with van der Waals surface area (Å²) >= 11 is 0. The Morgan fingerprint density at radius 2 is 1.65 bits per heavy atom. The molecule has 0 aromatic heterocycles. The van der Waals surface area contributed by atoms with Crippen LogP contribution >= 0.6 is 0 Å². The fraction of sp³-hybridized carbons (Fsp3) is 0.222. The van der Waals surface area contributed by atoms with Crippen molar-refractivity contribution >= 4 is 31.5 Å². The number of sulfonamides is 1. The van der Waals surface area contributed by atoms with Gasteiger partial charge < -0.3 is 5.32 Å². The first-order valence-electron chi connectivity index (χ1n) is 5.25. The smallest absolute Gasteiger partial charge is 0.320 e. The summed E-state index contributed by atoms with van der Waals surface area (Å²) in [5.74, 6) is -2.08. The van der Waals surface area contributed by atoms with Crippen LogP contribution in [0, 0.1) is 0 Å². The van der Waals surface area contributed by atoms with Gasteiger partial charge in [-0.3, -0.25) is 4.79 Å². The highest BCUT2D eigenvalue weighted by molar-refractivity contribution is 7.92. The molecule has 0 aliphatic heterocycles. The van der Waals surface area contributed by atoms with Crippen LogP contribution in [0.3, 0.4) is 0 Å². The van der Waals surface area contributed by atoms with Gasteiger partial charge in [0.15, 0.2) is 0 Å². The quantitative estimate of drug-likeness (QED) is 0.747. The van der Waals surface area contributed by atoms with Crippen LogP contribution < -0.4 is 10.5 Å². The Bertz CT molecular complexity index is 832. The van der Waals surface area contributed by atoms with Crippen LogP contribution in [0.1, 0.15) is 0 Å². The number of carbonyl (C=O) groups excluding carboxylic acids is 1. The van der Waals surface area contributed by atoms with Crippen LogP contribution in [0.4, 0.5) is 27.6 Å². The first-order chi connectivity index (χ1) is 10.2. The average molecular weight is 382 g/mol. The molecule has 0 saturated heterocycles. The molecular weight excluding hydrogens is 375 g/mol. The van der Waals surface area contributed by atoms with Gasteiger partial charge in [0.2, 0.25) is 10.0 Å². The van der Waals surface area contributed by atoms with Crippen LogP contribution in [0.2, 0.25) is 0 Å². The number of anilines is 1. The van der Waals surface area contributed by atoms with Gasteiger partial charge in [-0.15, -0.1) is 0 Å². The van der Waals surface area contributed by atoms with Crippen molar-refractivity contribution in [3.63, 3.8) is 0 Å². The number of rotatable bonds is 4. The molecule has 7 nitrogen and oxygen atoms in total. The van der Waals surface area contributed by atoms with Gasteiger partial charge in [0.05, 0.1) is 10.6 Å². The Morgan fingerprint density at radius 1 is 1.13 bits per heavy atom. The zero-order valence-corrected chi connectivity index (χ0v) is 12.3. The zero-order valence-electron chi connectivity index (χ0n) is 10.6. The van der Waals surface area contributed by atoms with Crippen LogP contribution in [0.5, 0.6) is 0 Å². The van der Waals surface area contributed by atoms with Gasteiger partial charge in [-0.05, 0) is 18.2 Å². The third-order valence-corrected chi connectivity index (χ3v) is 4.77. The van der Waals surface area contributed by atoms with Gasteiger partial charge in [-0.2, -0.15) is 22.0 Å². The molecule has 0 saturated carbocycles. The van der Waals surface area contributed by atoms with Crippen LogP contribution in [0.15, 0.2) is 28.0 Å². The largest absolute Gasteiger partial charge is 0.501 e. The Hall–Kier alpha value is -1.80. The minimum absolute atomic E-state index is 0.0131. The van der Waals surface area contributed by atoms with Crippen molar-refractivity contribution < 1.29 is 43.6 Å². The molecule has 1 rings (SSSR count). The maximum atomic E-state index is 12.6. The summed E-state index contributed by atoms with van der Waals surface area (Å²) in [6, 6.07) is 0.962. The molecule has 3 N–H and O–H groups in total. The number of amides is 1. The summed E-state index contributed by atoms with van der Waals surface area (Å²) in [4.78, 5) is 8.09. The van der Waals surface area contributed by atoms with Crippen LogP contribution in [-0.4, -0.2) is 34.7 Å². The molecule has 14 heteroatoms. The van der Waals surface area contributed by atoms with E-state index in [0.29, 0.717) is 12.1 Å². The van der Waals surface area contributed by atoms with Crippen molar-refractivity contribution in [2.45, 2.75) is 21.7 Å². The third kappa shape index (κ3) is 4.14. The number of hydrogen-bond acceptors (Lipinski definition) is 5. The molecule has 0 spiro atoms. The second kappa shape index (κ2) is 6.01. The number of nitrogens with one attached hydrogen (secondary N) is 1. The van der Waals surface area contributed by atoms with Crippen molar-refractivity contribution in [3.8, 4) is 0 Å². The van der Waals surface area contributed by atoms with E-state index in [4.69, 9.17) is 0 Å².